The number of nitrogens with zero attached hydrogens (tertiary/aromatic N) is 2. The summed E-state index contributed by atoms with van der Waals surface area (Å²) < 4.78 is 40.5. The van der Waals surface area contributed by atoms with Gasteiger partial charge in [0, 0.05) is 39.4 Å². The monoisotopic (exact) mass is 826 g/mol. The minimum Gasteiger partial charge on any atom is -0.305 e. The van der Waals surface area contributed by atoms with E-state index < -0.39 is 26.7 Å². The molecule has 0 fully saturated rings. The van der Waals surface area contributed by atoms with Crippen LogP contribution in [0.25, 0.3) is 54.8 Å². The molecule has 0 aliphatic rings. The van der Waals surface area contributed by atoms with Crippen molar-refractivity contribution < 1.29 is 27.0 Å². The summed E-state index contributed by atoms with van der Waals surface area (Å²) in [4.78, 5) is 9.07. The molecule has 245 valence electrons. The van der Waals surface area contributed by atoms with Crippen molar-refractivity contribution in [3.05, 3.63) is 138 Å². The maximum atomic E-state index is 8.49. The summed E-state index contributed by atoms with van der Waals surface area (Å²) in [5, 5.41) is 8.20. The van der Waals surface area contributed by atoms with Crippen molar-refractivity contribution in [2.75, 3.05) is 0 Å². The van der Waals surface area contributed by atoms with Crippen LogP contribution in [0.1, 0.15) is 63.0 Å². The Kier molecular flexibility index (Phi) is 8.86. The van der Waals surface area contributed by atoms with Crippen LogP contribution in [0.3, 0.4) is 0 Å². The molecule has 0 atom stereocenters. The number of fused-ring (bicyclic) bond motifs is 6. The van der Waals surface area contributed by atoms with Crippen molar-refractivity contribution in [1.29, 1.82) is 0 Å². The average molecular weight is 826 g/mol. The third kappa shape index (κ3) is 7.22. The smallest absolute Gasteiger partial charge is 0.0799 e. The number of hydrogen-bond acceptors (Lipinski definition) is 2. The second-order valence-electron chi connectivity index (χ2n) is 13.5. The van der Waals surface area contributed by atoms with E-state index in [1.165, 1.54) is 27.5 Å². The fourth-order valence-corrected chi connectivity index (χ4v) is 7.76. The molecule has 0 spiro atoms. The third-order valence-electron chi connectivity index (χ3n) is 8.63. The van der Waals surface area contributed by atoms with Crippen LogP contribution in [0.2, 0.25) is 19.6 Å². The van der Waals surface area contributed by atoms with Crippen LogP contribution in [0.15, 0.2) is 109 Å². The Bertz CT molecular complexity index is 2370. The van der Waals surface area contributed by atoms with E-state index in [1.807, 2.05) is 68.6 Å². The van der Waals surface area contributed by atoms with E-state index in [1.54, 1.807) is 19.9 Å². The van der Waals surface area contributed by atoms with Gasteiger partial charge in [-0.1, -0.05) is 130 Å². The van der Waals surface area contributed by atoms with Crippen molar-refractivity contribution in [2.24, 2.45) is 0 Å². The molecule has 0 saturated heterocycles. The van der Waals surface area contributed by atoms with Crippen LogP contribution in [-0.4, -0.2) is 18.0 Å². The van der Waals surface area contributed by atoms with Gasteiger partial charge in [0.2, 0.25) is 0 Å². The first kappa shape index (κ1) is 29.0. The van der Waals surface area contributed by atoms with Gasteiger partial charge in [0.1, 0.15) is 0 Å². The summed E-state index contributed by atoms with van der Waals surface area (Å²) in [7, 11) is -1.50. The molecule has 2 heterocycles. The molecule has 4 heteroatoms. The van der Waals surface area contributed by atoms with Crippen LogP contribution in [-0.2, 0) is 20.1 Å². The fourth-order valence-electron chi connectivity index (χ4n) is 6.17. The first-order valence-electron chi connectivity index (χ1n) is 18.6. The van der Waals surface area contributed by atoms with E-state index >= 15 is 0 Å². The van der Waals surface area contributed by atoms with Gasteiger partial charge < -0.3 is 9.97 Å². The molecule has 2 nitrogen and oxygen atoms in total. The molecule has 0 aliphatic heterocycles. The second kappa shape index (κ2) is 14.7. The Labute approximate surface area is 308 Å². The fraction of sp³-hybridized carbons (Fsp3) is 0.227. The summed E-state index contributed by atoms with van der Waals surface area (Å²) in [5.41, 5.74) is 4.97. The number of hydrogen-bond donors (Lipinski definition) is 0. The molecule has 0 amide bonds. The van der Waals surface area contributed by atoms with Gasteiger partial charge in [0.15, 0.2) is 0 Å². The molecule has 0 aliphatic carbocycles. The first-order valence-corrected chi connectivity index (χ1v) is 19.6. The minimum atomic E-state index is -2.32. The molecule has 0 N–H and O–H groups in total. The normalized spacial score (nSPS) is 13.8. The van der Waals surface area contributed by atoms with Gasteiger partial charge in [0.05, 0.1) is 8.07 Å². The van der Waals surface area contributed by atoms with E-state index in [0.717, 1.165) is 38.5 Å². The van der Waals surface area contributed by atoms with Crippen molar-refractivity contribution in [3.63, 3.8) is 0 Å². The van der Waals surface area contributed by atoms with Crippen molar-refractivity contribution in [3.8, 4) is 22.5 Å². The second-order valence-corrected chi connectivity index (χ2v) is 18.6. The van der Waals surface area contributed by atoms with Gasteiger partial charge in [-0.2, -0.15) is 0 Å². The molecule has 1 radical (unpaired) electrons. The predicted octanol–water partition coefficient (Wildman–Crippen LogP) is 11.7. The van der Waals surface area contributed by atoms with E-state index in [4.69, 9.17) is 6.85 Å². The van der Waals surface area contributed by atoms with Crippen molar-refractivity contribution >= 4 is 45.6 Å². The Hall–Kier alpha value is -3.95. The van der Waals surface area contributed by atoms with E-state index in [0.29, 0.717) is 11.3 Å². The van der Waals surface area contributed by atoms with Gasteiger partial charge in [-0.25, -0.2) is 0 Å². The summed E-state index contributed by atoms with van der Waals surface area (Å²) in [5.74, 6) is -1.68. The first-order chi connectivity index (χ1) is 24.3. The molecule has 0 bridgehead atoms. The Morgan fingerprint density at radius 2 is 1.17 bits per heavy atom. The molecule has 0 unspecified atom stereocenters. The minimum absolute atomic E-state index is 0. The largest absolute Gasteiger partial charge is 0.305 e. The van der Waals surface area contributed by atoms with E-state index in [-0.39, 0.29) is 25.7 Å². The molecule has 0 saturated carbocycles. The topological polar surface area (TPSA) is 25.8 Å². The number of pyridine rings is 2. The number of aromatic nitrogens is 2. The van der Waals surface area contributed by atoms with Gasteiger partial charge in [0.25, 0.3) is 0 Å². The number of aryl methyl sites for hydroxylation is 1. The quantitative estimate of drug-likeness (QED) is 0.0981. The zero-order chi connectivity index (χ0) is 37.6. The third-order valence-corrected chi connectivity index (χ3v) is 10.6. The van der Waals surface area contributed by atoms with Crippen molar-refractivity contribution in [1.82, 2.24) is 9.97 Å². The van der Waals surface area contributed by atoms with Crippen LogP contribution in [0.5, 0.6) is 0 Å². The van der Waals surface area contributed by atoms with E-state index in [9.17, 15) is 0 Å². The van der Waals surface area contributed by atoms with Crippen molar-refractivity contribution in [2.45, 2.75) is 66.0 Å². The Morgan fingerprint density at radius 3 is 1.73 bits per heavy atom. The van der Waals surface area contributed by atoms with Gasteiger partial charge in [-0.3, -0.25) is 0 Å². The van der Waals surface area contributed by atoms with Crippen LogP contribution in [0, 0.1) is 19.0 Å². The zero-order valence-corrected chi connectivity index (χ0v) is 32.0. The maximum absolute atomic E-state index is 8.49. The van der Waals surface area contributed by atoms with E-state index in [2.05, 4.69) is 84.2 Å². The average Bonchev–Trinajstić information content (AvgIpc) is 3.10. The summed E-state index contributed by atoms with van der Waals surface area (Å²) in [6.45, 7) is 11.9. The SMILES string of the molecule is [2H]C(C)(C)c1cc(-c2[c-]cccc2)ncc1[Si](C)(C)C.[2H]C([2H])([2H])c1cnc(-c2[c-]cc3c4ccccc4c4ccccc4c3c2)cc1C([2H])(C)C.[Ir]. The molecule has 7 rings (SSSR count). The zero-order valence-electron chi connectivity index (χ0n) is 33.6. The van der Waals surface area contributed by atoms with Gasteiger partial charge >= 0.3 is 0 Å². The van der Waals surface area contributed by atoms with Crippen LogP contribution in [0.4, 0.5) is 0 Å². The number of rotatable bonds is 5. The summed E-state index contributed by atoms with van der Waals surface area (Å²) >= 11 is 0. The molecule has 5 aromatic carbocycles. The Balaban J connectivity index is 0.000000223. The maximum Gasteiger partial charge on any atom is 0.0799 e. The predicted molar refractivity (Wildman–Crippen MR) is 205 cm³/mol. The van der Waals surface area contributed by atoms with Gasteiger partial charge in [-0.05, 0) is 62.5 Å². The summed E-state index contributed by atoms with van der Waals surface area (Å²) in [6.07, 6.45) is 3.37. The molecular weight excluding hydrogens is 777 g/mol. The molecule has 7 aromatic rings. The molecule has 48 heavy (non-hydrogen) atoms. The molecular formula is C44H44IrN2Si-2. The van der Waals surface area contributed by atoms with Crippen LogP contribution < -0.4 is 5.19 Å². The standard InChI is InChI=1S/C27H22N.C17H22NSi.Ir/c1-17(2)25-15-27(28-16-18(25)3)19-12-13-24-22-10-5-4-8-20(22)21-9-6-7-11-23(21)26(24)14-19;1-13(2)15-11-16(14-9-7-6-8-10-14)18-12-17(15)19(3,4)5;/h4-11,13-17H,1-3H3;6-9,11-13H,1-5H3;/q2*-1;/i3D3,17D;13D;. The van der Waals surface area contributed by atoms with Crippen LogP contribution >= 0.6 is 0 Å². The number of benzene rings is 5. The Morgan fingerprint density at radius 1 is 0.625 bits per heavy atom. The van der Waals surface area contributed by atoms with Gasteiger partial charge in [-0.15, -0.1) is 59.7 Å². The molecule has 2 aromatic heterocycles. The summed E-state index contributed by atoms with van der Waals surface area (Å²) in [6, 6.07) is 39.0.